The summed E-state index contributed by atoms with van der Waals surface area (Å²) >= 11 is 0. The number of halogens is 3. The molecule has 0 aliphatic rings. The van der Waals surface area contributed by atoms with Gasteiger partial charge in [-0.25, -0.2) is 0 Å². The van der Waals surface area contributed by atoms with Gasteiger partial charge in [0.2, 0.25) is 17.7 Å². The highest BCUT2D eigenvalue weighted by molar-refractivity contribution is 5.38. The van der Waals surface area contributed by atoms with Crippen LogP contribution < -0.4 is 11.1 Å². The van der Waals surface area contributed by atoms with Crippen LogP contribution in [0.2, 0.25) is 0 Å². The molecule has 3 N–H and O–H groups in total. The Morgan fingerprint density at radius 1 is 1.05 bits per heavy atom. The summed E-state index contributed by atoms with van der Waals surface area (Å²) in [5.74, 6) is -1.99. The number of nitrogens with one attached hydrogen (secondary N) is 1. The van der Waals surface area contributed by atoms with E-state index in [-0.39, 0.29) is 12.0 Å². The molecule has 0 radical (unpaired) electrons. The molecule has 1 aromatic heterocycles. The lowest BCUT2D eigenvalue weighted by atomic mass is 10.0. The fourth-order valence-corrected chi connectivity index (χ4v) is 2.12. The molecule has 0 saturated carbocycles. The second kappa shape index (κ2) is 5.78. The first-order valence-corrected chi connectivity index (χ1v) is 6.58. The zero-order valence-electron chi connectivity index (χ0n) is 12.4. The van der Waals surface area contributed by atoms with Crippen molar-refractivity contribution in [3.05, 3.63) is 40.7 Å². The van der Waals surface area contributed by atoms with Crippen molar-refractivity contribution in [2.24, 2.45) is 0 Å². The largest absolute Gasteiger partial charge is 0.451 e. The number of nitrogen functional groups attached to an aromatic ring is 1. The summed E-state index contributed by atoms with van der Waals surface area (Å²) in [6.07, 6.45) is -4.67. The Labute approximate surface area is 125 Å². The second-order valence-corrected chi connectivity index (χ2v) is 5.13. The number of alkyl halides is 3. The molecule has 0 spiro atoms. The van der Waals surface area contributed by atoms with Crippen LogP contribution in [-0.4, -0.2) is 15.0 Å². The highest BCUT2D eigenvalue weighted by Crippen LogP contribution is 2.27. The van der Waals surface area contributed by atoms with Crippen molar-refractivity contribution < 1.29 is 13.2 Å². The number of anilines is 2. The fraction of sp³-hybridized carbons (Fsp3) is 0.357. The predicted octanol–water partition coefficient (Wildman–Crippen LogP) is 3.26. The lowest BCUT2D eigenvalue weighted by Crippen LogP contribution is -2.17. The predicted molar refractivity (Wildman–Crippen MR) is 77.2 cm³/mol. The molecular formula is C14H16F3N5. The molecule has 1 heterocycles. The molecule has 0 fully saturated rings. The number of hydrogen-bond donors (Lipinski definition) is 2. The van der Waals surface area contributed by atoms with Crippen molar-refractivity contribution in [1.82, 2.24) is 15.0 Å². The minimum atomic E-state index is -4.67. The van der Waals surface area contributed by atoms with Crippen LogP contribution >= 0.6 is 0 Å². The van der Waals surface area contributed by atoms with E-state index in [1.54, 1.807) is 6.92 Å². The first-order chi connectivity index (χ1) is 10.1. The van der Waals surface area contributed by atoms with E-state index in [0.29, 0.717) is 0 Å². The van der Waals surface area contributed by atoms with Crippen molar-refractivity contribution in [3.8, 4) is 0 Å². The van der Waals surface area contributed by atoms with Gasteiger partial charge in [-0.15, -0.1) is 0 Å². The van der Waals surface area contributed by atoms with Crippen LogP contribution in [-0.2, 0) is 6.18 Å². The molecule has 0 bridgehead atoms. The van der Waals surface area contributed by atoms with Crippen molar-refractivity contribution in [3.63, 3.8) is 0 Å². The number of aryl methyl sites for hydroxylation is 2. The average molecular weight is 311 g/mol. The van der Waals surface area contributed by atoms with E-state index in [2.05, 4.69) is 20.3 Å². The summed E-state index contributed by atoms with van der Waals surface area (Å²) < 4.78 is 38.0. The van der Waals surface area contributed by atoms with E-state index in [9.17, 15) is 13.2 Å². The Morgan fingerprint density at radius 2 is 1.64 bits per heavy atom. The Hall–Kier alpha value is -2.38. The topological polar surface area (TPSA) is 76.7 Å². The van der Waals surface area contributed by atoms with Gasteiger partial charge in [-0.2, -0.15) is 28.1 Å². The highest BCUT2D eigenvalue weighted by atomic mass is 19.4. The lowest BCUT2D eigenvalue weighted by molar-refractivity contribution is -0.144. The molecule has 2 aromatic rings. The number of benzene rings is 1. The average Bonchev–Trinajstić information content (AvgIpc) is 2.35. The molecule has 1 aromatic carbocycles. The van der Waals surface area contributed by atoms with Crippen molar-refractivity contribution >= 4 is 11.9 Å². The first kappa shape index (κ1) is 16.0. The number of nitrogens with zero attached hydrogens (tertiary/aromatic N) is 3. The van der Waals surface area contributed by atoms with Crippen molar-refractivity contribution in [1.29, 1.82) is 0 Å². The molecule has 22 heavy (non-hydrogen) atoms. The van der Waals surface area contributed by atoms with Gasteiger partial charge in [0, 0.05) is 0 Å². The van der Waals surface area contributed by atoms with Crippen LogP contribution in [0.5, 0.6) is 0 Å². The molecule has 1 unspecified atom stereocenters. The van der Waals surface area contributed by atoms with Crippen molar-refractivity contribution in [2.45, 2.75) is 33.0 Å². The van der Waals surface area contributed by atoms with Gasteiger partial charge in [0.25, 0.3) is 0 Å². The van der Waals surface area contributed by atoms with E-state index >= 15 is 0 Å². The molecule has 8 heteroatoms. The summed E-state index contributed by atoms with van der Waals surface area (Å²) in [6, 6.07) is 5.63. The monoisotopic (exact) mass is 311 g/mol. The van der Waals surface area contributed by atoms with E-state index < -0.39 is 17.9 Å². The minimum Gasteiger partial charge on any atom is -0.368 e. The van der Waals surface area contributed by atoms with Crippen LogP contribution in [0.4, 0.5) is 25.1 Å². The van der Waals surface area contributed by atoms with Gasteiger partial charge in [0.1, 0.15) is 0 Å². The molecule has 0 amide bonds. The summed E-state index contributed by atoms with van der Waals surface area (Å²) in [5, 5.41) is 2.82. The standard InChI is InChI=1S/C14H16F3N5/c1-7-4-8(2)6-10(5-7)9(3)19-13-21-11(14(15,16)17)20-12(18)22-13/h4-6,9H,1-3H3,(H3,18,19,20,21,22). The third-order valence-electron chi connectivity index (χ3n) is 3.00. The van der Waals surface area contributed by atoms with E-state index in [0.717, 1.165) is 16.7 Å². The Bertz CT molecular complexity index is 664. The molecule has 0 aliphatic carbocycles. The molecule has 1 atom stereocenters. The van der Waals surface area contributed by atoms with Gasteiger partial charge in [-0.3, -0.25) is 0 Å². The van der Waals surface area contributed by atoms with E-state index in [1.807, 2.05) is 32.0 Å². The summed E-state index contributed by atoms with van der Waals surface area (Å²) in [5.41, 5.74) is 8.37. The van der Waals surface area contributed by atoms with Gasteiger partial charge >= 0.3 is 6.18 Å². The van der Waals surface area contributed by atoms with Crippen LogP contribution in [0.25, 0.3) is 0 Å². The summed E-state index contributed by atoms with van der Waals surface area (Å²) in [6.45, 7) is 5.71. The van der Waals surface area contributed by atoms with E-state index in [1.165, 1.54) is 0 Å². The molecule has 118 valence electrons. The summed E-state index contributed by atoms with van der Waals surface area (Å²) in [7, 11) is 0. The molecule has 0 aliphatic heterocycles. The molecule has 5 nitrogen and oxygen atoms in total. The molecule has 0 saturated heterocycles. The number of rotatable bonds is 3. The maximum atomic E-state index is 12.7. The number of nitrogens with two attached hydrogens (primary N) is 1. The third kappa shape index (κ3) is 3.84. The van der Waals surface area contributed by atoms with Gasteiger partial charge < -0.3 is 11.1 Å². The zero-order chi connectivity index (χ0) is 16.5. The van der Waals surface area contributed by atoms with Crippen LogP contribution in [0.1, 0.15) is 35.5 Å². The zero-order valence-corrected chi connectivity index (χ0v) is 12.4. The SMILES string of the molecule is Cc1cc(C)cc(C(C)Nc2nc(N)nc(C(F)(F)F)n2)c1. The van der Waals surface area contributed by atoms with Crippen LogP contribution in [0.15, 0.2) is 18.2 Å². The summed E-state index contributed by atoms with van der Waals surface area (Å²) in [4.78, 5) is 10.2. The molecule has 2 rings (SSSR count). The van der Waals surface area contributed by atoms with Gasteiger partial charge in [0.05, 0.1) is 6.04 Å². The Kier molecular flexibility index (Phi) is 4.20. The minimum absolute atomic E-state index is 0.202. The molecular weight excluding hydrogens is 295 g/mol. The van der Waals surface area contributed by atoms with E-state index in [4.69, 9.17) is 5.73 Å². The van der Waals surface area contributed by atoms with Gasteiger partial charge in [-0.1, -0.05) is 29.3 Å². The quantitative estimate of drug-likeness (QED) is 0.910. The van der Waals surface area contributed by atoms with Crippen LogP contribution in [0.3, 0.4) is 0 Å². The number of hydrogen-bond acceptors (Lipinski definition) is 5. The van der Waals surface area contributed by atoms with Gasteiger partial charge in [-0.05, 0) is 26.3 Å². The normalized spacial score (nSPS) is 13.0. The van der Waals surface area contributed by atoms with Crippen LogP contribution in [0, 0.1) is 13.8 Å². The lowest BCUT2D eigenvalue weighted by Gasteiger charge is -2.16. The smallest absolute Gasteiger partial charge is 0.368 e. The maximum absolute atomic E-state index is 12.7. The van der Waals surface area contributed by atoms with Gasteiger partial charge in [0.15, 0.2) is 0 Å². The second-order valence-electron chi connectivity index (χ2n) is 5.13. The highest BCUT2D eigenvalue weighted by Gasteiger charge is 2.35. The Morgan fingerprint density at radius 3 is 2.18 bits per heavy atom. The fourth-order valence-electron chi connectivity index (χ4n) is 2.12. The third-order valence-corrected chi connectivity index (χ3v) is 3.00. The Balaban J connectivity index is 2.28. The number of aromatic nitrogens is 3. The maximum Gasteiger partial charge on any atom is 0.451 e. The van der Waals surface area contributed by atoms with Crippen molar-refractivity contribution in [2.75, 3.05) is 11.1 Å². The first-order valence-electron chi connectivity index (χ1n) is 6.58.